The number of aromatic nitrogens is 4. The fraction of sp³-hybridized carbons (Fsp3) is 0.542. The van der Waals surface area contributed by atoms with Gasteiger partial charge in [0, 0.05) is 44.5 Å². The Hall–Kier alpha value is -3.22. The van der Waals surface area contributed by atoms with Crippen molar-refractivity contribution in [3.63, 3.8) is 0 Å². The van der Waals surface area contributed by atoms with Gasteiger partial charge in [-0.3, -0.25) is 14.3 Å². The van der Waals surface area contributed by atoms with Crippen LogP contribution in [0.4, 0.5) is 14.5 Å². The van der Waals surface area contributed by atoms with Crippen molar-refractivity contribution in [2.75, 3.05) is 24.5 Å². The van der Waals surface area contributed by atoms with E-state index < -0.39 is 27.1 Å². The fourth-order valence-electron chi connectivity index (χ4n) is 5.48. The summed E-state index contributed by atoms with van der Waals surface area (Å²) >= 11 is 0.711. The van der Waals surface area contributed by atoms with Gasteiger partial charge in [-0.1, -0.05) is 11.3 Å². The quantitative estimate of drug-likeness (QED) is 0.429. The van der Waals surface area contributed by atoms with Gasteiger partial charge in [-0.15, -0.1) is 14.9 Å². The number of amides is 1. The highest BCUT2D eigenvalue weighted by atomic mass is 32.2. The van der Waals surface area contributed by atoms with Gasteiger partial charge in [0.25, 0.3) is 12.1 Å². The minimum Gasteiger partial charge on any atom is -0.370 e. The molecule has 206 valence electrons. The van der Waals surface area contributed by atoms with Crippen LogP contribution in [-0.4, -0.2) is 70.5 Å². The average Bonchev–Trinajstić information content (AvgIpc) is 3.24. The smallest absolute Gasteiger partial charge is 0.299 e. The lowest BCUT2D eigenvalue weighted by Gasteiger charge is -2.38. The Kier molecular flexibility index (Phi) is 6.31. The third kappa shape index (κ3) is 4.64. The molecule has 1 N–H and O–H groups in total. The number of nitrogens with zero attached hydrogens (tertiary/aromatic N) is 7. The van der Waals surface area contributed by atoms with Crippen LogP contribution >= 0.6 is 11.3 Å². The minimum atomic E-state index is -4.08. The maximum Gasteiger partial charge on any atom is 0.299 e. The number of carbonyl (C=O) groups excluding carboxylic acids is 1. The number of benzene rings is 1. The SMILES string of the molecule is [C-]#[N+]C1(NS(=O)(=O)c2cc(N3CCC(N4CCCC4=O)CC3)c3c(c2)c(-c2nnc(C(F)F)s2)nn3C)CC1. The number of hydrogen-bond donors (Lipinski definition) is 1. The average molecular weight is 577 g/mol. The Labute approximate surface area is 227 Å². The number of likely N-dealkylation sites (tertiary alicyclic amines) is 1. The molecule has 3 fully saturated rings. The Morgan fingerprint density at radius 2 is 1.95 bits per heavy atom. The number of carbonyl (C=O) groups is 1. The van der Waals surface area contributed by atoms with Crippen LogP contribution in [0, 0.1) is 6.57 Å². The van der Waals surface area contributed by atoms with Crippen molar-refractivity contribution < 1.29 is 22.0 Å². The third-order valence-electron chi connectivity index (χ3n) is 7.65. The molecule has 1 aliphatic carbocycles. The summed E-state index contributed by atoms with van der Waals surface area (Å²) in [5.74, 6) is 0.181. The number of fused-ring (bicyclic) bond motifs is 1. The number of hydrogen-bond acceptors (Lipinski definition) is 8. The third-order valence-corrected chi connectivity index (χ3v) is 10.1. The van der Waals surface area contributed by atoms with Crippen molar-refractivity contribution in [1.29, 1.82) is 0 Å². The summed E-state index contributed by atoms with van der Waals surface area (Å²) in [6.07, 6.45) is 1.02. The molecule has 6 rings (SSSR count). The number of alkyl halides is 2. The van der Waals surface area contributed by atoms with E-state index in [9.17, 15) is 22.0 Å². The molecular formula is C24H26F2N8O3S2. The van der Waals surface area contributed by atoms with Gasteiger partial charge < -0.3 is 9.80 Å². The van der Waals surface area contributed by atoms with E-state index in [0.717, 1.165) is 25.8 Å². The molecule has 0 radical (unpaired) electrons. The predicted molar refractivity (Wildman–Crippen MR) is 140 cm³/mol. The van der Waals surface area contributed by atoms with Crippen LogP contribution in [0.3, 0.4) is 0 Å². The number of anilines is 1. The molecule has 2 saturated heterocycles. The van der Waals surface area contributed by atoms with Crippen molar-refractivity contribution >= 4 is 43.9 Å². The zero-order valence-corrected chi connectivity index (χ0v) is 22.7. The summed E-state index contributed by atoms with van der Waals surface area (Å²) in [5, 5.41) is 12.2. The van der Waals surface area contributed by atoms with Crippen molar-refractivity contribution in [3.8, 4) is 10.7 Å². The first-order chi connectivity index (χ1) is 18.6. The first-order valence-electron chi connectivity index (χ1n) is 12.7. The Morgan fingerprint density at radius 1 is 1.21 bits per heavy atom. The number of rotatable bonds is 7. The topological polar surface area (TPSA) is 118 Å². The van der Waals surface area contributed by atoms with E-state index in [0.29, 0.717) is 60.3 Å². The maximum absolute atomic E-state index is 13.5. The molecule has 11 nitrogen and oxygen atoms in total. The van der Waals surface area contributed by atoms with Gasteiger partial charge in [-0.25, -0.2) is 23.8 Å². The van der Waals surface area contributed by atoms with E-state index in [1.165, 1.54) is 6.07 Å². The van der Waals surface area contributed by atoms with E-state index in [-0.39, 0.29) is 27.5 Å². The molecular weight excluding hydrogens is 550 g/mol. The first kappa shape index (κ1) is 26.0. The molecule has 4 heterocycles. The largest absolute Gasteiger partial charge is 0.370 e. The molecule has 0 atom stereocenters. The number of nitrogens with one attached hydrogen (secondary N) is 1. The maximum atomic E-state index is 13.5. The number of aryl methyl sites for hydroxylation is 1. The summed E-state index contributed by atoms with van der Waals surface area (Å²) in [4.78, 5) is 19.7. The molecule has 1 aromatic carbocycles. The molecule has 15 heteroatoms. The van der Waals surface area contributed by atoms with Gasteiger partial charge >= 0.3 is 0 Å². The highest BCUT2D eigenvalue weighted by Gasteiger charge is 2.54. The summed E-state index contributed by atoms with van der Waals surface area (Å²) in [6, 6.07) is 3.19. The molecule has 0 bridgehead atoms. The van der Waals surface area contributed by atoms with Gasteiger partial charge in [0.2, 0.25) is 15.9 Å². The molecule has 1 saturated carbocycles. The molecule has 1 amide bonds. The number of sulfonamides is 1. The fourth-order valence-corrected chi connectivity index (χ4v) is 7.58. The van der Waals surface area contributed by atoms with Crippen LogP contribution in [0.1, 0.15) is 50.0 Å². The Bertz CT molecular complexity index is 1600. The van der Waals surface area contributed by atoms with E-state index in [1.807, 2.05) is 4.90 Å². The lowest BCUT2D eigenvalue weighted by molar-refractivity contribution is -0.130. The molecule has 39 heavy (non-hydrogen) atoms. The molecule has 2 aliphatic heterocycles. The zero-order chi connectivity index (χ0) is 27.5. The lowest BCUT2D eigenvalue weighted by Crippen LogP contribution is -2.45. The summed E-state index contributed by atoms with van der Waals surface area (Å²) in [5.41, 5.74) is 0.406. The van der Waals surface area contributed by atoms with Crippen molar-refractivity contribution in [2.24, 2.45) is 7.05 Å². The van der Waals surface area contributed by atoms with Gasteiger partial charge in [0.05, 0.1) is 28.9 Å². The second kappa shape index (κ2) is 9.46. The summed E-state index contributed by atoms with van der Waals surface area (Å²) in [7, 11) is -2.37. The minimum absolute atomic E-state index is 0.0374. The number of piperidine rings is 1. The van der Waals surface area contributed by atoms with Crippen molar-refractivity contribution in [1.82, 2.24) is 29.6 Å². The number of halogens is 2. The zero-order valence-electron chi connectivity index (χ0n) is 21.1. The molecule has 3 aromatic rings. The Morgan fingerprint density at radius 3 is 2.54 bits per heavy atom. The van der Waals surface area contributed by atoms with Gasteiger partial charge in [-0.2, -0.15) is 5.10 Å². The Balaban J connectivity index is 1.43. The summed E-state index contributed by atoms with van der Waals surface area (Å²) < 4.78 is 57.6. The van der Waals surface area contributed by atoms with Gasteiger partial charge in [-0.05, 0) is 31.4 Å². The van der Waals surface area contributed by atoms with E-state index in [4.69, 9.17) is 6.57 Å². The molecule has 0 spiro atoms. The van der Waals surface area contributed by atoms with Crippen molar-refractivity contribution in [3.05, 3.63) is 28.6 Å². The molecule has 3 aliphatic rings. The van der Waals surface area contributed by atoms with E-state index in [2.05, 4.69) is 29.8 Å². The molecule has 0 unspecified atom stereocenters. The standard InChI is InChI=1S/C24H26F2N8O3S2/c1-27-24(7-8-24)31-39(36,37)15-12-16-19(22-28-29-23(38-22)21(25)26)30-32(2)20(16)17(13-15)33-10-5-14(6-11-33)34-9-3-4-18(34)35/h12-14,21,31H,3-11H2,2H3. The van der Waals surface area contributed by atoms with Gasteiger partial charge in [0.15, 0.2) is 10.0 Å². The molecule has 2 aromatic heterocycles. The normalized spacial score (nSPS) is 19.8. The van der Waals surface area contributed by atoms with Crippen LogP contribution in [0.2, 0.25) is 0 Å². The predicted octanol–water partition coefficient (Wildman–Crippen LogP) is 3.31. The monoisotopic (exact) mass is 576 g/mol. The lowest BCUT2D eigenvalue weighted by atomic mass is 10.0. The van der Waals surface area contributed by atoms with Crippen LogP contribution in [0.5, 0.6) is 0 Å². The van der Waals surface area contributed by atoms with E-state index >= 15 is 0 Å². The van der Waals surface area contributed by atoms with Crippen LogP contribution < -0.4 is 9.62 Å². The van der Waals surface area contributed by atoms with Gasteiger partial charge in [0.1, 0.15) is 5.69 Å². The van der Waals surface area contributed by atoms with Crippen molar-refractivity contribution in [2.45, 2.75) is 61.6 Å². The van der Waals surface area contributed by atoms with Crippen LogP contribution in [-0.2, 0) is 21.9 Å². The highest BCUT2D eigenvalue weighted by Crippen LogP contribution is 2.41. The second-order valence-electron chi connectivity index (χ2n) is 10.2. The van der Waals surface area contributed by atoms with Crippen LogP contribution in [0.15, 0.2) is 17.0 Å². The summed E-state index contributed by atoms with van der Waals surface area (Å²) in [6.45, 7) is 9.37. The van der Waals surface area contributed by atoms with Crippen LogP contribution in [0.25, 0.3) is 26.4 Å². The van der Waals surface area contributed by atoms with E-state index in [1.54, 1.807) is 17.8 Å². The first-order valence-corrected chi connectivity index (χ1v) is 15.0. The highest BCUT2D eigenvalue weighted by molar-refractivity contribution is 7.89. The second-order valence-corrected chi connectivity index (χ2v) is 12.9.